The maximum Gasteiger partial charge on any atom is 0.305 e. The molecule has 0 aliphatic heterocycles. The van der Waals surface area contributed by atoms with Gasteiger partial charge in [-0.05, 0) is 32.0 Å². The summed E-state index contributed by atoms with van der Waals surface area (Å²) < 4.78 is 0. The van der Waals surface area contributed by atoms with E-state index in [0.717, 1.165) is 12.0 Å². The van der Waals surface area contributed by atoms with E-state index < -0.39 is 0 Å². The molecule has 70 valence electrons. The minimum atomic E-state index is 0.130. The number of benzene rings is 1. The number of hydrogen-bond acceptors (Lipinski definition) is 2. The highest BCUT2D eigenvalue weighted by atomic mass is 16.2. The summed E-state index contributed by atoms with van der Waals surface area (Å²) in [6.45, 7) is 2.93. The average Bonchev–Trinajstić information content (AvgIpc) is 2.07. The predicted molar refractivity (Wildman–Crippen MR) is 57.6 cm³/mol. The van der Waals surface area contributed by atoms with Crippen molar-refractivity contribution in [2.45, 2.75) is 13.5 Å². The molecular weight excluding hydrogens is 161 g/mol. The summed E-state index contributed by atoms with van der Waals surface area (Å²) in [5.74, 6) is 0. The van der Waals surface area contributed by atoms with Crippen LogP contribution in [0.3, 0.4) is 0 Å². The minimum Gasteiger partial charge on any atom is -0.449 e. The highest BCUT2D eigenvalue weighted by Crippen LogP contribution is 2.02. The number of rotatable bonds is 3. The van der Waals surface area contributed by atoms with E-state index in [1.807, 2.05) is 27.1 Å². The Kier molecular flexibility index (Phi) is 3.52. The van der Waals surface area contributed by atoms with Crippen LogP contribution in [0.5, 0.6) is 0 Å². The van der Waals surface area contributed by atoms with Gasteiger partial charge in [0, 0.05) is 6.54 Å². The highest BCUT2D eigenvalue weighted by molar-refractivity contribution is 6.46. The van der Waals surface area contributed by atoms with Crippen LogP contribution in [0.15, 0.2) is 18.2 Å². The zero-order valence-electron chi connectivity index (χ0n) is 8.54. The largest absolute Gasteiger partial charge is 0.449 e. The summed E-state index contributed by atoms with van der Waals surface area (Å²) in [7, 11) is 4.19. The fourth-order valence-electron chi connectivity index (χ4n) is 1.40. The van der Waals surface area contributed by atoms with Crippen LogP contribution in [0.1, 0.15) is 11.1 Å². The van der Waals surface area contributed by atoms with Crippen LogP contribution in [0, 0.1) is 6.92 Å². The van der Waals surface area contributed by atoms with E-state index in [1.165, 1.54) is 11.1 Å². The van der Waals surface area contributed by atoms with Gasteiger partial charge in [-0.15, -0.1) is 0 Å². The second-order valence-electron chi connectivity index (χ2n) is 3.67. The van der Waals surface area contributed by atoms with Gasteiger partial charge in [0.25, 0.3) is 0 Å². The van der Waals surface area contributed by atoms with Gasteiger partial charge >= 0.3 is 7.48 Å². The highest BCUT2D eigenvalue weighted by Gasteiger charge is 2.03. The summed E-state index contributed by atoms with van der Waals surface area (Å²) in [6.07, 6.45) is 0. The van der Waals surface area contributed by atoms with Gasteiger partial charge in [-0.25, -0.2) is 0 Å². The Morgan fingerprint density at radius 2 is 2.08 bits per heavy atom. The molecule has 1 aromatic carbocycles. The molecule has 0 radical (unpaired) electrons. The molecule has 1 aromatic rings. The molecule has 13 heavy (non-hydrogen) atoms. The molecule has 0 aliphatic carbocycles. The van der Waals surface area contributed by atoms with Gasteiger partial charge in [0.15, 0.2) is 0 Å². The monoisotopic (exact) mass is 177 g/mol. The van der Waals surface area contributed by atoms with Crippen molar-refractivity contribution >= 4 is 12.9 Å². The number of aryl methyl sites for hydroxylation is 1. The van der Waals surface area contributed by atoms with Gasteiger partial charge in [0.05, 0.1) is 0 Å². The SMILES string of the molecule is Cc1ccc(CN(C)C)c(BO)c1. The normalized spacial score (nSPS) is 10.5. The molecule has 1 rings (SSSR count). The van der Waals surface area contributed by atoms with E-state index in [-0.39, 0.29) is 7.48 Å². The molecule has 0 aromatic heterocycles. The van der Waals surface area contributed by atoms with Crippen molar-refractivity contribution in [2.24, 2.45) is 0 Å². The fourth-order valence-corrected chi connectivity index (χ4v) is 1.40. The van der Waals surface area contributed by atoms with Crippen molar-refractivity contribution in [3.05, 3.63) is 29.3 Å². The van der Waals surface area contributed by atoms with Crippen molar-refractivity contribution in [2.75, 3.05) is 14.1 Å². The zero-order valence-corrected chi connectivity index (χ0v) is 8.54. The average molecular weight is 177 g/mol. The molecular formula is C10H16BNO. The first-order valence-electron chi connectivity index (χ1n) is 4.47. The van der Waals surface area contributed by atoms with Gasteiger partial charge in [0.1, 0.15) is 0 Å². The molecule has 0 atom stereocenters. The Morgan fingerprint density at radius 3 is 2.62 bits per heavy atom. The van der Waals surface area contributed by atoms with Crippen LogP contribution in [-0.4, -0.2) is 31.5 Å². The topological polar surface area (TPSA) is 23.5 Å². The first-order valence-corrected chi connectivity index (χ1v) is 4.47. The zero-order chi connectivity index (χ0) is 9.84. The van der Waals surface area contributed by atoms with Gasteiger partial charge < -0.3 is 9.92 Å². The summed E-state index contributed by atoms with van der Waals surface area (Å²) >= 11 is 0. The van der Waals surface area contributed by atoms with Crippen molar-refractivity contribution < 1.29 is 5.02 Å². The van der Waals surface area contributed by atoms with Gasteiger partial charge in [0.2, 0.25) is 0 Å². The smallest absolute Gasteiger partial charge is 0.305 e. The molecule has 0 saturated carbocycles. The maximum absolute atomic E-state index is 9.14. The lowest BCUT2D eigenvalue weighted by molar-refractivity contribution is 0.403. The number of hydrogen-bond donors (Lipinski definition) is 1. The second kappa shape index (κ2) is 4.44. The van der Waals surface area contributed by atoms with Crippen molar-refractivity contribution in [3.8, 4) is 0 Å². The molecule has 0 bridgehead atoms. The third-order valence-electron chi connectivity index (χ3n) is 2.02. The molecule has 0 heterocycles. The van der Waals surface area contributed by atoms with Gasteiger partial charge in [-0.3, -0.25) is 0 Å². The Bertz CT molecular complexity index is 286. The summed E-state index contributed by atoms with van der Waals surface area (Å²) in [4.78, 5) is 2.10. The molecule has 0 unspecified atom stereocenters. The first kappa shape index (κ1) is 10.3. The van der Waals surface area contributed by atoms with Crippen LogP contribution in [0.4, 0.5) is 0 Å². The molecule has 0 saturated heterocycles. The van der Waals surface area contributed by atoms with Gasteiger partial charge in [-0.1, -0.05) is 23.8 Å². The Labute approximate surface area is 80.5 Å². The third-order valence-corrected chi connectivity index (χ3v) is 2.02. The van der Waals surface area contributed by atoms with E-state index in [4.69, 9.17) is 5.02 Å². The lowest BCUT2D eigenvalue weighted by Gasteiger charge is -2.13. The van der Waals surface area contributed by atoms with E-state index in [1.54, 1.807) is 0 Å². The lowest BCUT2D eigenvalue weighted by atomic mass is 9.83. The molecule has 1 N–H and O–H groups in total. The summed E-state index contributed by atoms with van der Waals surface area (Å²) in [6, 6.07) is 6.21. The molecule has 0 amide bonds. The standard InChI is InChI=1S/C10H16BNO/c1-8-4-5-9(7-12(2)3)10(6-8)11-13/h4-6,11,13H,7H2,1-3H3. The van der Waals surface area contributed by atoms with E-state index in [2.05, 4.69) is 17.0 Å². The third kappa shape index (κ3) is 2.86. The number of nitrogens with zero attached hydrogens (tertiary/aromatic N) is 1. The first-order chi connectivity index (χ1) is 6.13. The quantitative estimate of drug-likeness (QED) is 0.658. The van der Waals surface area contributed by atoms with Crippen LogP contribution in [-0.2, 0) is 6.54 Å². The molecule has 0 aliphatic rings. The van der Waals surface area contributed by atoms with Gasteiger partial charge in [-0.2, -0.15) is 0 Å². The molecule has 3 heteroatoms. The van der Waals surface area contributed by atoms with Crippen LogP contribution in [0.2, 0.25) is 0 Å². The Hall–Kier alpha value is -0.795. The molecule has 2 nitrogen and oxygen atoms in total. The van der Waals surface area contributed by atoms with Crippen molar-refractivity contribution in [1.29, 1.82) is 0 Å². The van der Waals surface area contributed by atoms with Crippen LogP contribution < -0.4 is 5.46 Å². The minimum absolute atomic E-state index is 0.130. The molecule has 0 fully saturated rings. The van der Waals surface area contributed by atoms with Crippen LogP contribution >= 0.6 is 0 Å². The van der Waals surface area contributed by atoms with Crippen molar-refractivity contribution in [3.63, 3.8) is 0 Å². The van der Waals surface area contributed by atoms with Crippen molar-refractivity contribution in [1.82, 2.24) is 4.90 Å². The fraction of sp³-hybridized carbons (Fsp3) is 0.400. The second-order valence-corrected chi connectivity index (χ2v) is 3.67. The van der Waals surface area contributed by atoms with E-state index in [9.17, 15) is 0 Å². The maximum atomic E-state index is 9.14. The summed E-state index contributed by atoms with van der Waals surface area (Å²) in [5, 5.41) is 9.14. The Morgan fingerprint density at radius 1 is 1.38 bits per heavy atom. The van der Waals surface area contributed by atoms with E-state index >= 15 is 0 Å². The lowest BCUT2D eigenvalue weighted by Crippen LogP contribution is -2.24. The predicted octanol–water partition coefficient (Wildman–Crippen LogP) is 0.0257. The Balaban J connectivity index is 2.92. The van der Waals surface area contributed by atoms with E-state index in [0.29, 0.717) is 0 Å². The molecule has 0 spiro atoms. The van der Waals surface area contributed by atoms with Crippen LogP contribution in [0.25, 0.3) is 0 Å². The summed E-state index contributed by atoms with van der Waals surface area (Å²) in [5.41, 5.74) is 3.44.